The molecule has 7 aromatic carbocycles. The molecule has 2 aliphatic rings. The van der Waals surface area contributed by atoms with Gasteiger partial charge < -0.3 is 14.0 Å². The van der Waals surface area contributed by atoms with Gasteiger partial charge in [-0.2, -0.15) is 0 Å². The molecular formula is C48H30N2OS. The van der Waals surface area contributed by atoms with E-state index in [9.17, 15) is 0 Å². The largest absolute Gasteiger partial charge is 0.485 e. The van der Waals surface area contributed by atoms with E-state index in [1.807, 2.05) is 11.3 Å². The maximum Gasteiger partial charge on any atom is 0.130 e. The highest BCUT2D eigenvalue weighted by atomic mass is 32.1. The molecule has 4 heteroatoms. The molecule has 4 heterocycles. The minimum absolute atomic E-state index is 0.0205. The lowest BCUT2D eigenvalue weighted by Gasteiger charge is -2.31. The average molecular weight is 683 g/mol. The molecule has 0 amide bonds. The molecule has 10 aromatic rings. The van der Waals surface area contributed by atoms with Crippen LogP contribution in [0.15, 0.2) is 170 Å². The highest BCUT2D eigenvalue weighted by Crippen LogP contribution is 2.47. The molecular weight excluding hydrogens is 653 g/mol. The van der Waals surface area contributed by atoms with Gasteiger partial charge in [0.05, 0.1) is 16.6 Å². The van der Waals surface area contributed by atoms with E-state index in [0.29, 0.717) is 0 Å². The number of hydrogen-bond acceptors (Lipinski definition) is 3. The van der Waals surface area contributed by atoms with Crippen molar-refractivity contribution in [2.75, 3.05) is 4.90 Å². The Morgan fingerprint density at radius 3 is 1.98 bits per heavy atom. The molecule has 244 valence electrons. The predicted molar refractivity (Wildman–Crippen MR) is 220 cm³/mol. The monoisotopic (exact) mass is 682 g/mol. The molecule has 52 heavy (non-hydrogen) atoms. The standard InChI is InChI=1S/C48H30N2OS/c1-5-13-42-34(9-1)40-26-33(27-41-35-10-2-6-14-43(35)50(42)48(40)41)49(32-22-23-37-36-11-3-7-15-44(36)51-45(37)28-32)31-20-17-29(18-21-31)30-19-24-47-39(25-30)38-12-4-8-16-46(38)52-47/h1-27,45H,28H2. The van der Waals surface area contributed by atoms with Crippen molar-refractivity contribution >= 4 is 86.6 Å². The second kappa shape index (κ2) is 10.6. The maximum atomic E-state index is 6.58. The van der Waals surface area contributed by atoms with Crippen LogP contribution in [-0.4, -0.2) is 10.5 Å². The van der Waals surface area contributed by atoms with Gasteiger partial charge in [0.15, 0.2) is 0 Å². The molecule has 1 aliphatic carbocycles. The molecule has 0 saturated carbocycles. The van der Waals surface area contributed by atoms with Crippen LogP contribution in [0.4, 0.5) is 11.4 Å². The molecule has 0 bridgehead atoms. The molecule has 3 nitrogen and oxygen atoms in total. The fourth-order valence-corrected chi connectivity index (χ4v) is 10.00. The second-order valence-corrected chi connectivity index (χ2v) is 15.1. The summed E-state index contributed by atoms with van der Waals surface area (Å²) >= 11 is 1.86. The molecule has 1 atom stereocenters. The van der Waals surface area contributed by atoms with E-state index in [0.717, 1.165) is 23.5 Å². The quantitative estimate of drug-likeness (QED) is 0.184. The molecule has 12 rings (SSSR count). The number of aromatic nitrogens is 1. The van der Waals surface area contributed by atoms with E-state index in [2.05, 4.69) is 173 Å². The molecule has 0 spiro atoms. The molecule has 0 fully saturated rings. The molecule has 0 N–H and O–H groups in total. The Morgan fingerprint density at radius 1 is 0.538 bits per heavy atom. The summed E-state index contributed by atoms with van der Waals surface area (Å²) in [5, 5.41) is 7.74. The highest BCUT2D eigenvalue weighted by molar-refractivity contribution is 7.25. The van der Waals surface area contributed by atoms with E-state index in [-0.39, 0.29) is 6.10 Å². The van der Waals surface area contributed by atoms with Crippen LogP contribution in [-0.2, 0) is 0 Å². The van der Waals surface area contributed by atoms with Crippen molar-refractivity contribution in [2.45, 2.75) is 12.5 Å². The summed E-state index contributed by atoms with van der Waals surface area (Å²) in [6.45, 7) is 0. The van der Waals surface area contributed by atoms with E-state index < -0.39 is 0 Å². The smallest absolute Gasteiger partial charge is 0.130 e. The van der Waals surface area contributed by atoms with Crippen molar-refractivity contribution in [1.29, 1.82) is 0 Å². The molecule has 0 radical (unpaired) electrons. The minimum atomic E-state index is -0.0205. The SMILES string of the molecule is C1=C2c3ccccc3OC2CC(N(c2ccc(-c3ccc4sc5ccccc5c4c3)cc2)c2cc3c4ccccc4n4c5ccccc5c(c2)c34)=C1. The van der Waals surface area contributed by atoms with E-state index >= 15 is 0 Å². The van der Waals surface area contributed by atoms with Gasteiger partial charge in [-0.25, -0.2) is 0 Å². The first-order valence-corrected chi connectivity index (χ1v) is 18.7. The first kappa shape index (κ1) is 28.3. The summed E-state index contributed by atoms with van der Waals surface area (Å²) in [6, 6.07) is 55.6. The van der Waals surface area contributed by atoms with Crippen molar-refractivity contribution in [3.63, 3.8) is 0 Å². The van der Waals surface area contributed by atoms with E-state index in [1.165, 1.54) is 86.2 Å². The summed E-state index contributed by atoms with van der Waals surface area (Å²) in [7, 11) is 0. The van der Waals surface area contributed by atoms with Gasteiger partial charge in [0.25, 0.3) is 0 Å². The average Bonchev–Trinajstić information content (AvgIpc) is 3.95. The first-order chi connectivity index (χ1) is 25.8. The first-order valence-electron chi connectivity index (χ1n) is 17.9. The molecule has 0 saturated heterocycles. The van der Waals surface area contributed by atoms with Gasteiger partial charge in [0.2, 0.25) is 0 Å². The highest BCUT2D eigenvalue weighted by Gasteiger charge is 2.33. The van der Waals surface area contributed by atoms with E-state index in [1.54, 1.807) is 0 Å². The van der Waals surface area contributed by atoms with Gasteiger partial charge >= 0.3 is 0 Å². The minimum Gasteiger partial charge on any atom is -0.485 e. The topological polar surface area (TPSA) is 16.9 Å². The van der Waals surface area contributed by atoms with Gasteiger partial charge in [-0.3, -0.25) is 0 Å². The van der Waals surface area contributed by atoms with Crippen LogP contribution < -0.4 is 9.64 Å². The number of nitrogens with zero attached hydrogens (tertiary/aromatic N) is 2. The van der Waals surface area contributed by atoms with Crippen LogP contribution in [0.1, 0.15) is 12.0 Å². The van der Waals surface area contributed by atoms with Crippen LogP contribution in [0, 0.1) is 0 Å². The fourth-order valence-electron chi connectivity index (χ4n) is 8.91. The maximum absolute atomic E-state index is 6.58. The zero-order chi connectivity index (χ0) is 33.9. The summed E-state index contributed by atoms with van der Waals surface area (Å²) in [4.78, 5) is 2.46. The zero-order valence-electron chi connectivity index (χ0n) is 28.1. The molecule has 3 aromatic heterocycles. The lowest BCUT2D eigenvalue weighted by atomic mass is 9.94. The van der Waals surface area contributed by atoms with Crippen LogP contribution in [0.5, 0.6) is 5.75 Å². The summed E-state index contributed by atoms with van der Waals surface area (Å²) < 4.78 is 11.7. The number of rotatable bonds is 4. The number of anilines is 2. The van der Waals surface area contributed by atoms with Gasteiger partial charge in [0, 0.05) is 76.3 Å². The lowest BCUT2D eigenvalue weighted by Crippen LogP contribution is -2.24. The Morgan fingerprint density at radius 2 is 1.19 bits per heavy atom. The van der Waals surface area contributed by atoms with Crippen LogP contribution in [0.2, 0.25) is 0 Å². The Bertz CT molecular complexity index is 3060. The number of hydrogen-bond donors (Lipinski definition) is 0. The number of ether oxygens (including phenoxy) is 1. The van der Waals surface area contributed by atoms with Crippen molar-refractivity contribution < 1.29 is 4.74 Å². The number of thiophene rings is 1. The molecule has 1 aliphatic heterocycles. The van der Waals surface area contributed by atoms with Crippen LogP contribution >= 0.6 is 11.3 Å². The Hall–Kier alpha value is -6.36. The lowest BCUT2D eigenvalue weighted by molar-refractivity contribution is 0.274. The van der Waals surface area contributed by atoms with Crippen molar-refractivity contribution in [2.24, 2.45) is 0 Å². The number of para-hydroxylation sites is 3. The Labute approximate surface area is 303 Å². The fraction of sp³-hybridized carbons (Fsp3) is 0.0417. The van der Waals surface area contributed by atoms with Gasteiger partial charge in [-0.1, -0.05) is 97.1 Å². The summed E-state index contributed by atoms with van der Waals surface area (Å²) in [6.07, 6.45) is 5.33. The van der Waals surface area contributed by atoms with E-state index in [4.69, 9.17) is 4.74 Å². The third kappa shape index (κ3) is 3.96. The third-order valence-corrected chi connectivity index (χ3v) is 12.4. The Kier molecular flexibility index (Phi) is 5.77. The zero-order valence-corrected chi connectivity index (χ0v) is 28.9. The number of fused-ring (bicyclic) bond motifs is 12. The Balaban J connectivity index is 1.05. The predicted octanol–water partition coefficient (Wildman–Crippen LogP) is 13.1. The molecule has 1 unspecified atom stereocenters. The number of benzene rings is 7. The van der Waals surface area contributed by atoms with Crippen molar-refractivity contribution in [3.05, 3.63) is 175 Å². The van der Waals surface area contributed by atoms with Crippen LogP contribution in [0.3, 0.4) is 0 Å². The number of allylic oxidation sites excluding steroid dienone is 2. The second-order valence-electron chi connectivity index (χ2n) is 14.0. The van der Waals surface area contributed by atoms with Crippen molar-refractivity contribution in [3.8, 4) is 16.9 Å². The van der Waals surface area contributed by atoms with Gasteiger partial charge in [-0.15, -0.1) is 11.3 Å². The third-order valence-electron chi connectivity index (χ3n) is 11.2. The normalized spacial score (nSPS) is 15.4. The van der Waals surface area contributed by atoms with Gasteiger partial charge in [-0.05, 0) is 77.9 Å². The van der Waals surface area contributed by atoms with Gasteiger partial charge in [0.1, 0.15) is 11.9 Å². The summed E-state index contributed by atoms with van der Waals surface area (Å²) in [5.41, 5.74) is 12.2. The van der Waals surface area contributed by atoms with Crippen LogP contribution in [0.25, 0.3) is 75.0 Å². The van der Waals surface area contributed by atoms with Crippen molar-refractivity contribution in [1.82, 2.24) is 4.40 Å². The summed E-state index contributed by atoms with van der Waals surface area (Å²) in [5.74, 6) is 0.971.